The van der Waals surface area contributed by atoms with Crippen LogP contribution in [0.5, 0.6) is 11.5 Å². The van der Waals surface area contributed by atoms with Gasteiger partial charge in [0.2, 0.25) is 0 Å². The van der Waals surface area contributed by atoms with Crippen molar-refractivity contribution in [3.8, 4) is 33.8 Å². The van der Waals surface area contributed by atoms with E-state index in [9.17, 15) is 0 Å². The van der Waals surface area contributed by atoms with Gasteiger partial charge in [-0.15, -0.1) is 0 Å². The Morgan fingerprint density at radius 2 is 1.45 bits per heavy atom. The average Bonchev–Trinajstić information content (AvgIpc) is 2.94. The molecule has 5 heteroatoms. The molecule has 4 nitrogen and oxygen atoms in total. The predicted octanol–water partition coefficient (Wildman–Crippen LogP) is 7.76. The van der Waals surface area contributed by atoms with Crippen LogP contribution in [0.15, 0.2) is 60.7 Å². The molecule has 3 aromatic rings. The van der Waals surface area contributed by atoms with E-state index in [0.29, 0.717) is 37.5 Å². The van der Waals surface area contributed by atoms with Crippen LogP contribution in [0.3, 0.4) is 0 Å². The van der Waals surface area contributed by atoms with Crippen molar-refractivity contribution in [3.63, 3.8) is 0 Å². The lowest BCUT2D eigenvalue weighted by Gasteiger charge is -2.26. The molecule has 0 unspecified atom stereocenters. The quantitative estimate of drug-likeness (QED) is 0.226. The zero-order valence-corrected chi connectivity index (χ0v) is 22.5. The Bertz CT molecular complexity index is 1150. The van der Waals surface area contributed by atoms with E-state index < -0.39 is 0 Å². The molecule has 3 aromatic carbocycles. The molecule has 1 fully saturated rings. The maximum Gasteiger partial charge on any atom is 0.131 e. The van der Waals surface area contributed by atoms with Crippen molar-refractivity contribution >= 4 is 0 Å². The molecule has 1 aliphatic rings. The summed E-state index contributed by atoms with van der Waals surface area (Å²) in [5, 5.41) is 18.1. The summed E-state index contributed by atoms with van der Waals surface area (Å²) in [7, 11) is 0. The second kappa shape index (κ2) is 14.3. The second-order valence-corrected chi connectivity index (χ2v) is 10.5. The normalized spacial score (nSPS) is 17.4. The van der Waals surface area contributed by atoms with Crippen LogP contribution in [-0.4, -0.2) is 36.6 Å². The van der Waals surface area contributed by atoms with Crippen molar-refractivity contribution in [2.75, 3.05) is 26.4 Å². The summed E-state index contributed by atoms with van der Waals surface area (Å²) in [5.41, 5.74) is 4.29. The lowest BCUT2D eigenvalue weighted by atomic mass is 9.79. The molecule has 0 heterocycles. The van der Waals surface area contributed by atoms with Crippen LogP contribution in [0.1, 0.15) is 69.8 Å². The highest BCUT2D eigenvalue weighted by molar-refractivity contribution is 5.78. The van der Waals surface area contributed by atoms with Crippen LogP contribution in [0.2, 0.25) is 0 Å². The van der Waals surface area contributed by atoms with Crippen molar-refractivity contribution in [2.45, 2.75) is 64.2 Å². The summed E-state index contributed by atoms with van der Waals surface area (Å²) in [4.78, 5) is 0. The van der Waals surface area contributed by atoms with E-state index in [1.165, 1.54) is 12.8 Å². The van der Waals surface area contributed by atoms with Crippen molar-refractivity contribution < 1.29 is 24.1 Å². The maximum atomic E-state index is 15.5. The molecule has 4 rings (SSSR count). The first-order valence-corrected chi connectivity index (χ1v) is 14.1. The summed E-state index contributed by atoms with van der Waals surface area (Å²) in [6.45, 7) is 3.63. The number of hydrogen-bond acceptors (Lipinski definition) is 4. The molecule has 0 amide bonds. The molecular weight excluding hydrogens is 479 g/mol. The van der Waals surface area contributed by atoms with Gasteiger partial charge in [-0.2, -0.15) is 0 Å². The fraction of sp³-hybridized carbons (Fsp3) is 0.455. The van der Waals surface area contributed by atoms with E-state index in [2.05, 4.69) is 13.0 Å². The minimum absolute atomic E-state index is 0.139. The van der Waals surface area contributed by atoms with Gasteiger partial charge in [0.25, 0.3) is 0 Å². The van der Waals surface area contributed by atoms with Gasteiger partial charge in [0.15, 0.2) is 0 Å². The molecule has 0 aliphatic heterocycles. The highest BCUT2D eigenvalue weighted by Crippen LogP contribution is 2.39. The first kappa shape index (κ1) is 28.1. The third kappa shape index (κ3) is 7.58. The average molecular weight is 521 g/mol. The molecule has 38 heavy (non-hydrogen) atoms. The minimum Gasteiger partial charge on any atom is -0.494 e. The van der Waals surface area contributed by atoms with E-state index in [-0.39, 0.29) is 19.0 Å². The number of rotatable bonds is 13. The molecule has 1 aliphatic carbocycles. The molecule has 0 radical (unpaired) electrons. The lowest BCUT2D eigenvalue weighted by Crippen LogP contribution is -2.11. The van der Waals surface area contributed by atoms with Crippen LogP contribution in [0.25, 0.3) is 22.3 Å². The van der Waals surface area contributed by atoms with E-state index in [1.807, 2.05) is 48.5 Å². The first-order valence-electron chi connectivity index (χ1n) is 14.1. The Balaban J connectivity index is 1.61. The molecule has 2 N–H and O–H groups in total. The Kier molecular flexibility index (Phi) is 10.6. The number of halogens is 1. The highest BCUT2D eigenvalue weighted by Gasteiger charge is 2.21. The molecule has 0 bridgehead atoms. The van der Waals surface area contributed by atoms with Gasteiger partial charge in [-0.05, 0) is 97.4 Å². The van der Waals surface area contributed by atoms with Crippen molar-refractivity contribution in [1.82, 2.24) is 0 Å². The highest BCUT2D eigenvalue weighted by atomic mass is 19.1. The topological polar surface area (TPSA) is 58.9 Å². The van der Waals surface area contributed by atoms with Crippen molar-refractivity contribution in [3.05, 3.63) is 72.0 Å². The third-order valence-electron chi connectivity index (χ3n) is 7.55. The molecule has 1 saturated carbocycles. The third-order valence-corrected chi connectivity index (χ3v) is 7.55. The zero-order chi connectivity index (χ0) is 26.7. The van der Waals surface area contributed by atoms with E-state index in [0.717, 1.165) is 65.4 Å². The lowest BCUT2D eigenvalue weighted by molar-refractivity contribution is 0.253. The van der Waals surface area contributed by atoms with E-state index in [4.69, 9.17) is 19.7 Å². The summed E-state index contributed by atoms with van der Waals surface area (Å²) >= 11 is 0. The van der Waals surface area contributed by atoms with Crippen molar-refractivity contribution in [2.24, 2.45) is 5.92 Å². The van der Waals surface area contributed by atoms with E-state index in [1.54, 1.807) is 6.07 Å². The fourth-order valence-electron chi connectivity index (χ4n) is 5.22. The van der Waals surface area contributed by atoms with Crippen LogP contribution < -0.4 is 9.47 Å². The van der Waals surface area contributed by atoms with Gasteiger partial charge < -0.3 is 19.7 Å². The molecule has 0 saturated heterocycles. The molecule has 0 atom stereocenters. The molecule has 204 valence electrons. The number of benzene rings is 3. The molecule has 0 spiro atoms. The predicted molar refractivity (Wildman–Crippen MR) is 151 cm³/mol. The SMILES string of the molecule is CC1CCC(c2ccc(-c3ccc(OCCCCO)c(-c4cccc(OCCCCO)c4)c3)c(F)c2)CC1. The summed E-state index contributed by atoms with van der Waals surface area (Å²) in [5.74, 6) is 2.49. The van der Waals surface area contributed by atoms with Crippen LogP contribution >= 0.6 is 0 Å². The van der Waals surface area contributed by atoms with Gasteiger partial charge in [0.1, 0.15) is 17.3 Å². The monoisotopic (exact) mass is 520 g/mol. The minimum atomic E-state index is -0.190. The number of aliphatic hydroxyl groups excluding tert-OH is 2. The molecule has 0 aromatic heterocycles. The molecular formula is C33H41FO4. The van der Waals surface area contributed by atoms with Gasteiger partial charge in [0.05, 0.1) is 13.2 Å². The first-order chi connectivity index (χ1) is 18.6. The summed E-state index contributed by atoms with van der Waals surface area (Å²) < 4.78 is 27.5. The van der Waals surface area contributed by atoms with Crippen LogP contribution in [-0.2, 0) is 0 Å². The Labute approximate surface area is 226 Å². The van der Waals surface area contributed by atoms with Crippen LogP contribution in [0.4, 0.5) is 4.39 Å². The van der Waals surface area contributed by atoms with Gasteiger partial charge in [0, 0.05) is 24.3 Å². The smallest absolute Gasteiger partial charge is 0.131 e. The van der Waals surface area contributed by atoms with E-state index >= 15 is 4.39 Å². The second-order valence-electron chi connectivity index (χ2n) is 10.5. The fourth-order valence-corrected chi connectivity index (χ4v) is 5.22. The van der Waals surface area contributed by atoms with Crippen molar-refractivity contribution in [1.29, 1.82) is 0 Å². The van der Waals surface area contributed by atoms with Gasteiger partial charge >= 0.3 is 0 Å². The Hall–Kier alpha value is -2.89. The van der Waals surface area contributed by atoms with Crippen LogP contribution in [0, 0.1) is 11.7 Å². The number of unbranched alkanes of at least 4 members (excludes halogenated alkanes) is 2. The Morgan fingerprint density at radius 1 is 0.737 bits per heavy atom. The van der Waals surface area contributed by atoms with Gasteiger partial charge in [-0.3, -0.25) is 0 Å². The Morgan fingerprint density at radius 3 is 2.16 bits per heavy atom. The number of aliphatic hydroxyl groups is 2. The van der Waals surface area contributed by atoms with Gasteiger partial charge in [-0.1, -0.05) is 50.1 Å². The summed E-state index contributed by atoms with van der Waals surface area (Å²) in [6, 6.07) is 19.4. The summed E-state index contributed by atoms with van der Waals surface area (Å²) in [6.07, 6.45) is 7.60. The largest absolute Gasteiger partial charge is 0.494 e. The zero-order valence-electron chi connectivity index (χ0n) is 22.5. The number of hydrogen-bond donors (Lipinski definition) is 2. The standard InChI is InChI=1S/C33H41FO4/c1-24-9-11-25(12-10-24)26-13-15-30(32(34)23-26)28-14-16-33(38-20-5-3-18-36)31(22-28)27-7-6-8-29(21-27)37-19-4-2-17-35/h6-8,13-16,21-25,35-36H,2-5,9-12,17-20H2,1H3. The van der Waals surface area contributed by atoms with Gasteiger partial charge in [-0.25, -0.2) is 4.39 Å². The maximum absolute atomic E-state index is 15.5. The number of ether oxygens (including phenoxy) is 2.